The fourth-order valence-corrected chi connectivity index (χ4v) is 0.903. The Balaban J connectivity index is 2.43. The molecule has 1 aromatic heterocycles. The number of rotatable bonds is 3. The molecule has 0 unspecified atom stereocenters. The van der Waals surface area contributed by atoms with Gasteiger partial charge in [-0.2, -0.15) is 0 Å². The number of amides is 1. The first-order valence-electron chi connectivity index (χ1n) is 3.99. The van der Waals surface area contributed by atoms with E-state index in [4.69, 9.17) is 0 Å². The standard InChI is InChI=1S/C8H13N3O2/c1-8(2,13)5-6(12)11-7-9-3-4-10-7/h3-4,13H,5H2,1-2H3,(H2,9,10,11,12). The molecule has 0 aliphatic heterocycles. The van der Waals surface area contributed by atoms with E-state index < -0.39 is 5.60 Å². The van der Waals surface area contributed by atoms with Gasteiger partial charge < -0.3 is 10.1 Å². The van der Waals surface area contributed by atoms with E-state index in [1.54, 1.807) is 26.2 Å². The molecule has 0 aliphatic rings. The number of aromatic amines is 1. The van der Waals surface area contributed by atoms with Crippen LogP contribution < -0.4 is 5.32 Å². The summed E-state index contributed by atoms with van der Waals surface area (Å²) >= 11 is 0. The highest BCUT2D eigenvalue weighted by Crippen LogP contribution is 2.08. The SMILES string of the molecule is CC(C)(O)CC(=O)Nc1ncc[nH]1. The number of imidazole rings is 1. The molecule has 1 amide bonds. The second-order valence-electron chi connectivity index (χ2n) is 3.48. The van der Waals surface area contributed by atoms with Gasteiger partial charge in [0, 0.05) is 12.4 Å². The second-order valence-corrected chi connectivity index (χ2v) is 3.48. The lowest BCUT2D eigenvalue weighted by Gasteiger charge is -2.15. The molecule has 0 saturated heterocycles. The number of hydrogen-bond acceptors (Lipinski definition) is 3. The molecule has 0 aliphatic carbocycles. The lowest BCUT2D eigenvalue weighted by atomic mass is 10.1. The first kappa shape index (κ1) is 9.73. The fourth-order valence-electron chi connectivity index (χ4n) is 0.903. The molecule has 1 aromatic rings. The fraction of sp³-hybridized carbons (Fsp3) is 0.500. The molecule has 3 N–H and O–H groups in total. The maximum atomic E-state index is 11.2. The highest BCUT2D eigenvalue weighted by atomic mass is 16.3. The van der Waals surface area contributed by atoms with Crippen LogP contribution in [0.1, 0.15) is 20.3 Å². The summed E-state index contributed by atoms with van der Waals surface area (Å²) in [5.41, 5.74) is -0.989. The minimum atomic E-state index is -0.989. The minimum Gasteiger partial charge on any atom is -0.390 e. The van der Waals surface area contributed by atoms with E-state index in [1.807, 2.05) is 0 Å². The van der Waals surface area contributed by atoms with Crippen molar-refractivity contribution >= 4 is 11.9 Å². The number of H-pyrrole nitrogens is 1. The van der Waals surface area contributed by atoms with Crippen LogP contribution in [0.4, 0.5) is 5.95 Å². The van der Waals surface area contributed by atoms with E-state index in [0.717, 1.165) is 0 Å². The number of hydrogen-bond donors (Lipinski definition) is 3. The highest BCUT2D eigenvalue weighted by molar-refractivity contribution is 5.89. The zero-order chi connectivity index (χ0) is 9.90. The third-order valence-electron chi connectivity index (χ3n) is 1.35. The number of nitrogens with one attached hydrogen (secondary N) is 2. The Bertz CT molecular complexity index is 274. The topological polar surface area (TPSA) is 78.0 Å². The summed E-state index contributed by atoms with van der Waals surface area (Å²) in [4.78, 5) is 17.7. The summed E-state index contributed by atoms with van der Waals surface area (Å²) in [6, 6.07) is 0. The number of nitrogens with zero attached hydrogens (tertiary/aromatic N) is 1. The quantitative estimate of drug-likeness (QED) is 0.638. The maximum absolute atomic E-state index is 11.2. The maximum Gasteiger partial charge on any atom is 0.229 e. The number of aromatic nitrogens is 2. The van der Waals surface area contributed by atoms with Crippen LogP contribution in [0.5, 0.6) is 0 Å². The van der Waals surface area contributed by atoms with Crippen LogP contribution in [0.15, 0.2) is 12.4 Å². The van der Waals surface area contributed by atoms with Gasteiger partial charge in [0.15, 0.2) is 0 Å². The molecule has 13 heavy (non-hydrogen) atoms. The molecule has 0 bridgehead atoms. The van der Waals surface area contributed by atoms with Gasteiger partial charge in [-0.25, -0.2) is 4.98 Å². The number of carbonyl (C=O) groups is 1. The van der Waals surface area contributed by atoms with E-state index in [2.05, 4.69) is 15.3 Å². The molecular weight excluding hydrogens is 170 g/mol. The smallest absolute Gasteiger partial charge is 0.229 e. The van der Waals surface area contributed by atoms with Gasteiger partial charge in [0.2, 0.25) is 11.9 Å². The van der Waals surface area contributed by atoms with Gasteiger partial charge in [-0.15, -0.1) is 0 Å². The molecule has 5 nitrogen and oxygen atoms in total. The summed E-state index contributed by atoms with van der Waals surface area (Å²) in [6.07, 6.45) is 3.20. The first-order valence-corrected chi connectivity index (χ1v) is 3.99. The van der Waals surface area contributed by atoms with Gasteiger partial charge in [-0.3, -0.25) is 10.1 Å². The molecule has 0 aromatic carbocycles. The lowest BCUT2D eigenvalue weighted by Crippen LogP contribution is -2.27. The van der Waals surface area contributed by atoms with Crippen LogP contribution in [0.3, 0.4) is 0 Å². The van der Waals surface area contributed by atoms with Crippen molar-refractivity contribution in [3.8, 4) is 0 Å². The van der Waals surface area contributed by atoms with Gasteiger partial charge in [0.25, 0.3) is 0 Å². The van der Waals surface area contributed by atoms with Gasteiger partial charge in [0.1, 0.15) is 0 Å². The van der Waals surface area contributed by atoms with Gasteiger partial charge >= 0.3 is 0 Å². The average Bonchev–Trinajstić information content (AvgIpc) is 2.34. The normalized spacial score (nSPS) is 11.3. The van der Waals surface area contributed by atoms with Crippen molar-refractivity contribution in [2.24, 2.45) is 0 Å². The van der Waals surface area contributed by atoms with Crippen LogP contribution >= 0.6 is 0 Å². The molecule has 0 atom stereocenters. The summed E-state index contributed by atoms with van der Waals surface area (Å²) < 4.78 is 0. The summed E-state index contributed by atoms with van der Waals surface area (Å²) in [5.74, 6) is 0.136. The Morgan fingerprint density at radius 2 is 2.46 bits per heavy atom. The predicted octanol–water partition coefficient (Wildman–Crippen LogP) is 0.509. The summed E-state index contributed by atoms with van der Waals surface area (Å²) in [6.45, 7) is 3.16. The number of anilines is 1. The molecular formula is C8H13N3O2. The van der Waals surface area contributed by atoms with Crippen molar-refractivity contribution < 1.29 is 9.90 Å². The van der Waals surface area contributed by atoms with Crippen LogP contribution in [-0.2, 0) is 4.79 Å². The van der Waals surface area contributed by atoms with Crippen LogP contribution in [0.2, 0.25) is 0 Å². The molecule has 1 rings (SSSR count). The van der Waals surface area contributed by atoms with Crippen molar-refractivity contribution in [3.63, 3.8) is 0 Å². The minimum absolute atomic E-state index is 0.0493. The second kappa shape index (κ2) is 3.57. The summed E-state index contributed by atoms with van der Waals surface area (Å²) in [5, 5.41) is 11.8. The van der Waals surface area contributed by atoms with Gasteiger partial charge in [-0.05, 0) is 13.8 Å². The largest absolute Gasteiger partial charge is 0.390 e. The van der Waals surface area contributed by atoms with Crippen molar-refractivity contribution in [2.45, 2.75) is 25.9 Å². The molecule has 5 heteroatoms. The average molecular weight is 183 g/mol. The highest BCUT2D eigenvalue weighted by Gasteiger charge is 2.18. The molecule has 0 saturated carbocycles. The predicted molar refractivity (Wildman–Crippen MR) is 48.1 cm³/mol. The van der Waals surface area contributed by atoms with Crippen molar-refractivity contribution in [1.82, 2.24) is 9.97 Å². The molecule has 1 heterocycles. The number of aliphatic hydroxyl groups is 1. The van der Waals surface area contributed by atoms with E-state index >= 15 is 0 Å². The number of carbonyl (C=O) groups excluding carboxylic acids is 1. The Kier molecular flexibility index (Phi) is 2.67. The zero-order valence-corrected chi connectivity index (χ0v) is 7.66. The monoisotopic (exact) mass is 183 g/mol. The zero-order valence-electron chi connectivity index (χ0n) is 7.66. The van der Waals surface area contributed by atoms with Crippen LogP contribution in [0, 0.1) is 0 Å². The van der Waals surface area contributed by atoms with E-state index in [-0.39, 0.29) is 12.3 Å². The van der Waals surface area contributed by atoms with Gasteiger partial charge in [0.05, 0.1) is 12.0 Å². The van der Waals surface area contributed by atoms with Crippen molar-refractivity contribution in [2.75, 3.05) is 5.32 Å². The molecule has 0 fully saturated rings. The third-order valence-corrected chi connectivity index (χ3v) is 1.35. The molecule has 0 radical (unpaired) electrons. The van der Waals surface area contributed by atoms with Crippen molar-refractivity contribution in [3.05, 3.63) is 12.4 Å². The van der Waals surface area contributed by atoms with Crippen molar-refractivity contribution in [1.29, 1.82) is 0 Å². The van der Waals surface area contributed by atoms with Gasteiger partial charge in [-0.1, -0.05) is 0 Å². The first-order chi connectivity index (χ1) is 5.97. The molecule has 72 valence electrons. The Morgan fingerprint density at radius 1 is 1.77 bits per heavy atom. The summed E-state index contributed by atoms with van der Waals surface area (Å²) in [7, 11) is 0. The van der Waals surface area contributed by atoms with E-state index in [0.29, 0.717) is 5.95 Å². The lowest BCUT2D eigenvalue weighted by molar-refractivity contribution is -0.119. The van der Waals surface area contributed by atoms with E-state index in [9.17, 15) is 9.90 Å². The Labute approximate surface area is 76.2 Å². The molecule has 0 spiro atoms. The van der Waals surface area contributed by atoms with Crippen LogP contribution in [0.25, 0.3) is 0 Å². The van der Waals surface area contributed by atoms with Crippen LogP contribution in [-0.4, -0.2) is 26.6 Å². The van der Waals surface area contributed by atoms with E-state index in [1.165, 1.54) is 0 Å². The Hall–Kier alpha value is -1.36. The Morgan fingerprint density at radius 3 is 2.92 bits per heavy atom. The third kappa shape index (κ3) is 3.71.